The maximum absolute atomic E-state index is 11.6. The molecule has 0 N–H and O–H groups in total. The number of Topliss-reactive ketones (excluding diaryl/α,β-unsaturated/α-hetero) is 1. The molecule has 2 rings (SSSR count). The van der Waals surface area contributed by atoms with Gasteiger partial charge in [-0.25, -0.2) is 0 Å². The molecule has 0 aliphatic heterocycles. The number of fused-ring (bicyclic) bond motifs is 1. The van der Waals surface area contributed by atoms with E-state index in [-0.39, 0.29) is 0 Å². The fourth-order valence-corrected chi connectivity index (χ4v) is 3.07. The molecule has 1 heterocycles. The molecule has 0 spiro atoms. The fourth-order valence-electron chi connectivity index (χ4n) is 1.92. The van der Waals surface area contributed by atoms with Gasteiger partial charge in [0.15, 0.2) is 5.78 Å². The Morgan fingerprint density at radius 1 is 1.46 bits per heavy atom. The zero-order valence-corrected chi connectivity index (χ0v) is 8.75. The van der Waals surface area contributed by atoms with Crippen LogP contribution in [0.2, 0.25) is 0 Å². The van der Waals surface area contributed by atoms with Crippen molar-refractivity contribution in [2.75, 3.05) is 0 Å². The van der Waals surface area contributed by atoms with Gasteiger partial charge in [-0.05, 0) is 31.2 Å². The van der Waals surface area contributed by atoms with E-state index >= 15 is 0 Å². The van der Waals surface area contributed by atoms with Crippen LogP contribution in [0.25, 0.3) is 0 Å². The van der Waals surface area contributed by atoms with Gasteiger partial charge < -0.3 is 0 Å². The Labute approximate surface area is 82.8 Å². The third-order valence-corrected chi connectivity index (χ3v) is 3.77. The first kappa shape index (κ1) is 8.95. The maximum atomic E-state index is 11.6. The molecule has 2 heteroatoms. The predicted molar refractivity (Wildman–Crippen MR) is 55.6 cm³/mol. The van der Waals surface area contributed by atoms with Crippen molar-refractivity contribution in [1.29, 1.82) is 0 Å². The normalized spacial score (nSPS) is 15.5. The van der Waals surface area contributed by atoms with Crippen molar-refractivity contribution in [3.05, 3.63) is 21.4 Å². The van der Waals surface area contributed by atoms with Gasteiger partial charge in [-0.3, -0.25) is 4.79 Å². The number of aryl methyl sites for hydroxylation is 1. The van der Waals surface area contributed by atoms with E-state index in [1.165, 1.54) is 29.7 Å². The molecule has 70 valence electrons. The van der Waals surface area contributed by atoms with E-state index < -0.39 is 0 Å². The van der Waals surface area contributed by atoms with Crippen LogP contribution in [-0.4, -0.2) is 5.78 Å². The lowest BCUT2D eigenvalue weighted by Crippen LogP contribution is -2.05. The minimum absolute atomic E-state index is 0.319. The van der Waals surface area contributed by atoms with Gasteiger partial charge in [0.1, 0.15) is 0 Å². The first-order valence-electron chi connectivity index (χ1n) is 4.95. The largest absolute Gasteiger partial charge is 0.294 e. The summed E-state index contributed by atoms with van der Waals surface area (Å²) in [6.07, 6.45) is 5.51. The highest BCUT2D eigenvalue weighted by molar-refractivity contribution is 7.10. The van der Waals surface area contributed by atoms with Crippen LogP contribution >= 0.6 is 11.3 Å². The van der Waals surface area contributed by atoms with Gasteiger partial charge in [-0.2, -0.15) is 0 Å². The van der Waals surface area contributed by atoms with Crippen molar-refractivity contribution in [3.63, 3.8) is 0 Å². The Bertz CT molecular complexity index is 325. The van der Waals surface area contributed by atoms with E-state index in [0.29, 0.717) is 12.2 Å². The van der Waals surface area contributed by atoms with E-state index in [2.05, 4.69) is 5.38 Å². The number of hydrogen-bond donors (Lipinski definition) is 0. The van der Waals surface area contributed by atoms with E-state index in [1.54, 1.807) is 11.3 Å². The van der Waals surface area contributed by atoms with E-state index in [0.717, 1.165) is 12.0 Å². The summed E-state index contributed by atoms with van der Waals surface area (Å²) in [5, 5.41) is 2.06. The summed E-state index contributed by atoms with van der Waals surface area (Å²) >= 11 is 1.77. The van der Waals surface area contributed by atoms with Gasteiger partial charge >= 0.3 is 0 Å². The first-order chi connectivity index (χ1) is 6.33. The van der Waals surface area contributed by atoms with E-state index in [4.69, 9.17) is 0 Å². The molecule has 0 unspecified atom stereocenters. The molecule has 0 radical (unpaired) electrons. The maximum Gasteiger partial charge on any atom is 0.163 e. The van der Waals surface area contributed by atoms with Crippen LogP contribution in [0.3, 0.4) is 0 Å². The molecule has 0 bridgehead atoms. The zero-order valence-electron chi connectivity index (χ0n) is 7.93. The Morgan fingerprint density at radius 3 is 3.00 bits per heavy atom. The van der Waals surface area contributed by atoms with Crippen molar-refractivity contribution in [2.45, 2.75) is 39.0 Å². The molecule has 1 nitrogen and oxygen atoms in total. The van der Waals surface area contributed by atoms with Crippen LogP contribution < -0.4 is 0 Å². The summed E-state index contributed by atoms with van der Waals surface area (Å²) in [4.78, 5) is 13.0. The molecule has 1 aliphatic carbocycles. The number of rotatable bonds is 2. The van der Waals surface area contributed by atoms with Gasteiger partial charge in [0.2, 0.25) is 0 Å². The number of hydrogen-bond acceptors (Lipinski definition) is 2. The molecule has 0 atom stereocenters. The summed E-state index contributed by atoms with van der Waals surface area (Å²) in [5.74, 6) is 0.319. The van der Waals surface area contributed by atoms with Crippen LogP contribution in [0, 0.1) is 0 Å². The molecule has 0 fully saturated rings. The lowest BCUT2D eigenvalue weighted by atomic mass is 9.94. The van der Waals surface area contributed by atoms with Crippen LogP contribution in [-0.2, 0) is 12.8 Å². The predicted octanol–water partition coefficient (Wildman–Crippen LogP) is 3.22. The summed E-state index contributed by atoms with van der Waals surface area (Å²) in [6, 6.07) is 0. The Kier molecular flexibility index (Phi) is 2.49. The average molecular weight is 194 g/mol. The summed E-state index contributed by atoms with van der Waals surface area (Å²) in [5.41, 5.74) is 2.38. The Balaban J connectivity index is 2.36. The van der Waals surface area contributed by atoms with E-state index in [1.807, 2.05) is 6.92 Å². The fraction of sp³-hybridized carbons (Fsp3) is 0.545. The highest BCUT2D eigenvalue weighted by atomic mass is 32.1. The Morgan fingerprint density at radius 2 is 2.23 bits per heavy atom. The number of ketones is 1. The monoisotopic (exact) mass is 194 g/mol. The SMILES string of the molecule is CCC(=O)c1csc2c1CCCC2. The highest BCUT2D eigenvalue weighted by Crippen LogP contribution is 2.30. The van der Waals surface area contributed by atoms with Crippen LogP contribution in [0.5, 0.6) is 0 Å². The number of carbonyl (C=O) groups is 1. The molecule has 1 aliphatic rings. The lowest BCUT2D eigenvalue weighted by Gasteiger charge is -2.11. The lowest BCUT2D eigenvalue weighted by molar-refractivity contribution is 0.0987. The molecule has 0 saturated heterocycles. The minimum Gasteiger partial charge on any atom is -0.294 e. The first-order valence-corrected chi connectivity index (χ1v) is 5.83. The molecule has 0 aromatic carbocycles. The minimum atomic E-state index is 0.319. The molecular formula is C11H14OS. The Hall–Kier alpha value is -0.630. The van der Waals surface area contributed by atoms with Crippen molar-refractivity contribution in [1.82, 2.24) is 0 Å². The van der Waals surface area contributed by atoms with Gasteiger partial charge in [0, 0.05) is 22.2 Å². The standard InChI is InChI=1S/C11H14OS/c1-2-10(12)9-7-13-11-6-4-3-5-8(9)11/h7H,2-6H2,1H3. The van der Waals surface area contributed by atoms with Gasteiger partial charge in [0.25, 0.3) is 0 Å². The molecule has 1 aromatic rings. The molecule has 0 saturated carbocycles. The van der Waals surface area contributed by atoms with Gasteiger partial charge in [0.05, 0.1) is 0 Å². The second-order valence-corrected chi connectivity index (χ2v) is 4.50. The molecule has 13 heavy (non-hydrogen) atoms. The molecule has 0 amide bonds. The average Bonchev–Trinajstić information content (AvgIpc) is 2.60. The van der Waals surface area contributed by atoms with Crippen LogP contribution in [0.15, 0.2) is 5.38 Å². The topological polar surface area (TPSA) is 17.1 Å². The summed E-state index contributed by atoms with van der Waals surface area (Å²) in [7, 11) is 0. The van der Waals surface area contributed by atoms with E-state index in [9.17, 15) is 4.79 Å². The zero-order chi connectivity index (χ0) is 9.26. The third-order valence-electron chi connectivity index (χ3n) is 2.68. The van der Waals surface area contributed by atoms with Crippen molar-refractivity contribution >= 4 is 17.1 Å². The van der Waals surface area contributed by atoms with Crippen molar-refractivity contribution < 1.29 is 4.79 Å². The number of thiophene rings is 1. The molecular weight excluding hydrogens is 180 g/mol. The smallest absolute Gasteiger partial charge is 0.163 e. The second-order valence-electron chi connectivity index (χ2n) is 3.53. The van der Waals surface area contributed by atoms with Gasteiger partial charge in [-0.15, -0.1) is 11.3 Å². The van der Waals surface area contributed by atoms with Crippen molar-refractivity contribution in [2.24, 2.45) is 0 Å². The number of carbonyl (C=O) groups excluding carboxylic acids is 1. The quantitative estimate of drug-likeness (QED) is 0.661. The highest BCUT2D eigenvalue weighted by Gasteiger charge is 2.18. The van der Waals surface area contributed by atoms with Gasteiger partial charge in [-0.1, -0.05) is 6.92 Å². The summed E-state index contributed by atoms with van der Waals surface area (Å²) < 4.78 is 0. The van der Waals surface area contributed by atoms with Crippen molar-refractivity contribution in [3.8, 4) is 0 Å². The third kappa shape index (κ3) is 1.55. The van der Waals surface area contributed by atoms with Crippen LogP contribution in [0.4, 0.5) is 0 Å². The molecule has 1 aromatic heterocycles. The van der Waals surface area contributed by atoms with Crippen LogP contribution in [0.1, 0.15) is 47.0 Å². The summed E-state index contributed by atoms with van der Waals surface area (Å²) in [6.45, 7) is 1.94. The second kappa shape index (κ2) is 3.62.